The van der Waals surface area contributed by atoms with E-state index in [9.17, 15) is 14.9 Å². The van der Waals surface area contributed by atoms with Crippen LogP contribution in [0.2, 0.25) is 0 Å². The van der Waals surface area contributed by atoms with E-state index >= 15 is 0 Å². The van der Waals surface area contributed by atoms with Gasteiger partial charge < -0.3 is 4.90 Å². The lowest BCUT2D eigenvalue weighted by molar-refractivity contribution is -0.384. The van der Waals surface area contributed by atoms with Crippen LogP contribution in [0.5, 0.6) is 0 Å². The number of aldehydes is 1. The zero-order valence-corrected chi connectivity index (χ0v) is 11.7. The zero-order chi connectivity index (χ0) is 14.5. The number of hydrogen-bond donors (Lipinski definition) is 0. The number of nitrogens with zero attached hydrogens (tertiary/aromatic N) is 2. The summed E-state index contributed by atoms with van der Waals surface area (Å²) in [7, 11) is 0. The first kappa shape index (κ1) is 14.5. The number of anilines is 1. The quantitative estimate of drug-likeness (QED) is 0.479. The monoisotopic (exact) mass is 276 g/mol. The minimum absolute atomic E-state index is 0.0370. The first-order chi connectivity index (χ1) is 9.67. The molecule has 5 nitrogen and oxygen atoms in total. The number of nitro benzene ring substituents is 1. The van der Waals surface area contributed by atoms with E-state index in [4.69, 9.17) is 0 Å². The highest BCUT2D eigenvalue weighted by Gasteiger charge is 2.26. The van der Waals surface area contributed by atoms with Crippen molar-refractivity contribution < 1.29 is 9.72 Å². The van der Waals surface area contributed by atoms with Crippen molar-refractivity contribution in [3.05, 3.63) is 33.9 Å². The van der Waals surface area contributed by atoms with Gasteiger partial charge in [0, 0.05) is 24.2 Å². The topological polar surface area (TPSA) is 63.5 Å². The third-order valence-corrected chi connectivity index (χ3v) is 3.99. The number of benzene rings is 1. The molecule has 1 aliphatic rings. The second kappa shape index (κ2) is 6.50. The van der Waals surface area contributed by atoms with Crippen molar-refractivity contribution in [2.24, 2.45) is 0 Å². The molecule has 5 heteroatoms. The Morgan fingerprint density at radius 2 is 2.20 bits per heavy atom. The van der Waals surface area contributed by atoms with Crippen molar-refractivity contribution in [2.45, 2.75) is 45.1 Å². The molecule has 1 aromatic carbocycles. The Bertz CT molecular complexity index is 502. The van der Waals surface area contributed by atoms with Crippen LogP contribution in [0.25, 0.3) is 0 Å². The normalized spacial score (nSPS) is 19.4. The maximum Gasteiger partial charge on any atom is 0.293 e. The fourth-order valence-corrected chi connectivity index (χ4v) is 2.92. The summed E-state index contributed by atoms with van der Waals surface area (Å²) in [5, 5.41) is 11.3. The van der Waals surface area contributed by atoms with E-state index in [2.05, 4.69) is 11.8 Å². The SMILES string of the molecule is CCC1CCCCCN1c1ccc(C=O)cc1[N+](=O)[O-]. The largest absolute Gasteiger partial charge is 0.363 e. The molecule has 1 saturated heterocycles. The van der Waals surface area contributed by atoms with E-state index < -0.39 is 0 Å². The molecule has 1 heterocycles. The fraction of sp³-hybridized carbons (Fsp3) is 0.533. The third kappa shape index (κ3) is 2.98. The Morgan fingerprint density at radius 1 is 1.40 bits per heavy atom. The molecule has 0 saturated carbocycles. The summed E-state index contributed by atoms with van der Waals surface area (Å²) in [6, 6.07) is 5.10. The summed E-state index contributed by atoms with van der Waals surface area (Å²) in [5.74, 6) is 0. The van der Waals surface area contributed by atoms with Crippen LogP contribution in [0.15, 0.2) is 18.2 Å². The Hall–Kier alpha value is -1.91. The van der Waals surface area contributed by atoms with Gasteiger partial charge in [-0.1, -0.05) is 19.8 Å². The molecule has 108 valence electrons. The first-order valence-corrected chi connectivity index (χ1v) is 7.17. The molecule has 2 rings (SSSR count). The van der Waals surface area contributed by atoms with Crippen LogP contribution in [0, 0.1) is 10.1 Å². The molecule has 0 aromatic heterocycles. The highest BCUT2D eigenvalue weighted by molar-refractivity contribution is 5.79. The molecule has 1 atom stereocenters. The van der Waals surface area contributed by atoms with Crippen molar-refractivity contribution in [1.29, 1.82) is 0 Å². The summed E-state index contributed by atoms with van der Waals surface area (Å²) in [4.78, 5) is 23.8. The van der Waals surface area contributed by atoms with Gasteiger partial charge in [0.15, 0.2) is 0 Å². The molecule has 0 radical (unpaired) electrons. The number of nitro groups is 1. The molecular formula is C15H20N2O3. The fourth-order valence-electron chi connectivity index (χ4n) is 2.92. The van der Waals surface area contributed by atoms with Gasteiger partial charge in [-0.2, -0.15) is 0 Å². The molecule has 0 aliphatic carbocycles. The van der Waals surface area contributed by atoms with Crippen LogP contribution >= 0.6 is 0 Å². The lowest BCUT2D eigenvalue weighted by atomic mass is 10.1. The second-order valence-electron chi connectivity index (χ2n) is 5.23. The van der Waals surface area contributed by atoms with Gasteiger partial charge in [-0.05, 0) is 31.4 Å². The Morgan fingerprint density at radius 3 is 2.85 bits per heavy atom. The summed E-state index contributed by atoms with van der Waals surface area (Å²) in [5.41, 5.74) is 1.03. The van der Waals surface area contributed by atoms with Crippen LogP contribution in [-0.4, -0.2) is 23.8 Å². The first-order valence-electron chi connectivity index (χ1n) is 7.17. The second-order valence-corrected chi connectivity index (χ2v) is 5.23. The molecule has 1 aromatic rings. The van der Waals surface area contributed by atoms with Gasteiger partial charge in [-0.3, -0.25) is 14.9 Å². The smallest absolute Gasteiger partial charge is 0.293 e. The molecular weight excluding hydrogens is 256 g/mol. The lowest BCUT2D eigenvalue weighted by Gasteiger charge is -2.31. The standard InChI is InChI=1S/C15H20N2O3/c1-2-13-6-4-3-5-9-16(13)14-8-7-12(11-18)10-15(14)17(19)20/h7-8,10-11,13H,2-6,9H2,1H3. The van der Waals surface area contributed by atoms with Gasteiger partial charge in [-0.25, -0.2) is 0 Å². The van der Waals surface area contributed by atoms with Crippen molar-refractivity contribution >= 4 is 17.7 Å². The average Bonchev–Trinajstić information content (AvgIpc) is 2.71. The predicted octanol–water partition coefficient (Wildman–Crippen LogP) is 3.57. The molecule has 0 bridgehead atoms. The minimum atomic E-state index is -0.389. The van der Waals surface area contributed by atoms with Gasteiger partial charge in [0.05, 0.1) is 4.92 Å². The van der Waals surface area contributed by atoms with Crippen LogP contribution < -0.4 is 4.90 Å². The van der Waals surface area contributed by atoms with Gasteiger partial charge in [0.25, 0.3) is 5.69 Å². The zero-order valence-electron chi connectivity index (χ0n) is 11.7. The van der Waals surface area contributed by atoms with Crippen LogP contribution in [0.3, 0.4) is 0 Å². The third-order valence-electron chi connectivity index (χ3n) is 3.99. The number of carbonyl (C=O) groups is 1. The number of hydrogen-bond acceptors (Lipinski definition) is 4. The Labute approximate surface area is 118 Å². The Kier molecular flexibility index (Phi) is 4.71. The van der Waals surface area contributed by atoms with Crippen LogP contribution in [0.1, 0.15) is 49.4 Å². The number of rotatable bonds is 4. The van der Waals surface area contributed by atoms with Gasteiger partial charge in [-0.15, -0.1) is 0 Å². The van der Waals surface area contributed by atoms with Gasteiger partial charge in [0.2, 0.25) is 0 Å². The van der Waals surface area contributed by atoms with E-state index in [-0.39, 0.29) is 10.6 Å². The predicted molar refractivity (Wildman–Crippen MR) is 78.4 cm³/mol. The van der Waals surface area contributed by atoms with E-state index in [0.29, 0.717) is 23.6 Å². The summed E-state index contributed by atoms with van der Waals surface area (Å²) >= 11 is 0. The van der Waals surface area contributed by atoms with E-state index in [1.807, 2.05) is 0 Å². The molecule has 1 fully saturated rings. The lowest BCUT2D eigenvalue weighted by Crippen LogP contribution is -2.34. The summed E-state index contributed by atoms with van der Waals surface area (Å²) < 4.78 is 0. The maximum absolute atomic E-state index is 11.3. The minimum Gasteiger partial charge on any atom is -0.363 e. The number of carbonyl (C=O) groups excluding carboxylic acids is 1. The van der Waals surface area contributed by atoms with Crippen molar-refractivity contribution in [3.8, 4) is 0 Å². The van der Waals surface area contributed by atoms with Crippen molar-refractivity contribution in [1.82, 2.24) is 0 Å². The molecule has 0 spiro atoms. The van der Waals surface area contributed by atoms with Crippen molar-refractivity contribution in [2.75, 3.05) is 11.4 Å². The van der Waals surface area contributed by atoms with Gasteiger partial charge >= 0.3 is 0 Å². The van der Waals surface area contributed by atoms with Crippen LogP contribution in [-0.2, 0) is 0 Å². The van der Waals surface area contributed by atoms with Crippen LogP contribution in [0.4, 0.5) is 11.4 Å². The molecule has 20 heavy (non-hydrogen) atoms. The maximum atomic E-state index is 11.3. The summed E-state index contributed by atoms with van der Waals surface area (Å²) in [6.07, 6.45) is 6.11. The molecule has 0 N–H and O–H groups in total. The van der Waals surface area contributed by atoms with E-state index in [0.717, 1.165) is 25.8 Å². The van der Waals surface area contributed by atoms with Crippen molar-refractivity contribution in [3.63, 3.8) is 0 Å². The average molecular weight is 276 g/mol. The summed E-state index contributed by atoms with van der Waals surface area (Å²) in [6.45, 7) is 2.97. The molecule has 1 aliphatic heterocycles. The van der Waals surface area contributed by atoms with E-state index in [1.165, 1.54) is 18.9 Å². The van der Waals surface area contributed by atoms with E-state index in [1.54, 1.807) is 12.1 Å². The highest BCUT2D eigenvalue weighted by atomic mass is 16.6. The van der Waals surface area contributed by atoms with Gasteiger partial charge in [0.1, 0.15) is 12.0 Å². The Balaban J connectivity index is 2.43. The molecule has 1 unspecified atom stereocenters. The molecule has 0 amide bonds. The highest BCUT2D eigenvalue weighted by Crippen LogP contribution is 2.33.